The molecule has 1 fully saturated rings. The molecule has 2 aromatic carbocycles. The van der Waals surface area contributed by atoms with Crippen LogP contribution in [-0.2, 0) is 9.59 Å². The second kappa shape index (κ2) is 8.92. The Morgan fingerprint density at radius 1 is 1.12 bits per heavy atom. The van der Waals surface area contributed by atoms with Gasteiger partial charge < -0.3 is 14.6 Å². The molecule has 1 aliphatic rings. The number of amides is 1. The Morgan fingerprint density at radius 3 is 2.71 bits per heavy atom. The van der Waals surface area contributed by atoms with Gasteiger partial charge in [0, 0.05) is 10.4 Å². The van der Waals surface area contributed by atoms with E-state index in [2.05, 4.69) is 4.98 Å². The molecule has 1 aliphatic heterocycles. The molecule has 0 aliphatic carbocycles. The lowest BCUT2D eigenvalue weighted by Crippen LogP contribution is -2.28. The first kappa shape index (κ1) is 22.1. The lowest BCUT2D eigenvalue weighted by atomic mass is 10.00. The van der Waals surface area contributed by atoms with Crippen molar-refractivity contribution >= 4 is 55.5 Å². The monoisotopic (exact) mass is 492 g/mol. The van der Waals surface area contributed by atoms with Crippen LogP contribution in [0.1, 0.15) is 23.4 Å². The third-order valence-corrected chi connectivity index (χ3v) is 7.41. The van der Waals surface area contributed by atoms with E-state index in [1.807, 2.05) is 36.6 Å². The average Bonchev–Trinajstić information content (AvgIpc) is 3.57. The average molecular weight is 493 g/mol. The highest BCUT2D eigenvalue weighted by Crippen LogP contribution is 2.45. The number of thiophene rings is 1. The van der Waals surface area contributed by atoms with Crippen molar-refractivity contribution in [2.24, 2.45) is 0 Å². The normalized spacial score (nSPS) is 17.5. The Hall–Kier alpha value is -3.69. The van der Waals surface area contributed by atoms with Crippen molar-refractivity contribution in [1.29, 1.82) is 0 Å². The zero-order valence-electron chi connectivity index (χ0n) is 18.3. The van der Waals surface area contributed by atoms with Crippen molar-refractivity contribution < 1.29 is 24.2 Å². The fourth-order valence-electron chi connectivity index (χ4n) is 3.92. The molecule has 1 unspecified atom stereocenters. The lowest BCUT2D eigenvalue weighted by molar-refractivity contribution is -0.132. The van der Waals surface area contributed by atoms with E-state index in [0.717, 1.165) is 9.58 Å². The molecule has 0 spiro atoms. The summed E-state index contributed by atoms with van der Waals surface area (Å²) in [5, 5.41) is 13.5. The zero-order chi connectivity index (χ0) is 23.8. The minimum Gasteiger partial charge on any atom is -0.507 e. The van der Waals surface area contributed by atoms with Gasteiger partial charge in [-0.2, -0.15) is 0 Å². The number of aromatic nitrogens is 1. The van der Waals surface area contributed by atoms with E-state index in [1.165, 1.54) is 27.6 Å². The highest BCUT2D eigenvalue weighted by Gasteiger charge is 2.48. The Kier molecular flexibility index (Phi) is 5.80. The summed E-state index contributed by atoms with van der Waals surface area (Å²) in [6, 6.07) is 15.2. The number of Topliss-reactive ketones (excluding diaryl/α,β-unsaturated/α-hetero) is 1. The van der Waals surface area contributed by atoms with Gasteiger partial charge in [-0.3, -0.25) is 14.5 Å². The second-order valence-corrected chi connectivity index (χ2v) is 9.46. The van der Waals surface area contributed by atoms with Crippen LogP contribution < -0.4 is 14.4 Å². The van der Waals surface area contributed by atoms with Crippen molar-refractivity contribution in [2.45, 2.75) is 13.0 Å². The van der Waals surface area contributed by atoms with E-state index in [4.69, 9.17) is 9.47 Å². The lowest BCUT2D eigenvalue weighted by Gasteiger charge is -2.21. The van der Waals surface area contributed by atoms with Crippen LogP contribution in [0.4, 0.5) is 5.13 Å². The molecule has 34 heavy (non-hydrogen) atoms. The standard InChI is InChI=1S/C25H20N2O5S2/c1-3-32-16-7-4-6-14(12-16)22(28)20-21(18-8-5-11-33-18)27(24(30)23(20)29)25-26-17-10-9-15(31-2)13-19(17)34-25/h4-13,21,28H,3H2,1-2H3/b22-20+. The van der Waals surface area contributed by atoms with E-state index in [0.29, 0.717) is 34.3 Å². The summed E-state index contributed by atoms with van der Waals surface area (Å²) in [5.74, 6) is -0.493. The SMILES string of the molecule is CCOc1cccc(/C(O)=C2\C(=O)C(=O)N(c3nc4ccc(OC)cc4s3)C2c2cccs2)c1. The van der Waals surface area contributed by atoms with Crippen LogP contribution in [0, 0.1) is 0 Å². The quantitative estimate of drug-likeness (QED) is 0.221. The topological polar surface area (TPSA) is 89.0 Å². The first-order valence-corrected chi connectivity index (χ1v) is 12.2. The molecular formula is C25H20N2O5S2. The van der Waals surface area contributed by atoms with Gasteiger partial charge in [0.15, 0.2) is 5.13 Å². The van der Waals surface area contributed by atoms with Crippen molar-refractivity contribution in [3.05, 3.63) is 76.0 Å². The van der Waals surface area contributed by atoms with Crippen LogP contribution in [0.5, 0.6) is 11.5 Å². The highest BCUT2D eigenvalue weighted by atomic mass is 32.1. The summed E-state index contributed by atoms with van der Waals surface area (Å²) < 4.78 is 11.7. The number of ketones is 1. The molecular weight excluding hydrogens is 472 g/mol. The van der Waals surface area contributed by atoms with Gasteiger partial charge in [0.1, 0.15) is 23.3 Å². The molecule has 1 amide bonds. The number of carbonyl (C=O) groups excluding carboxylic acids is 2. The molecule has 9 heteroatoms. The third-order valence-electron chi connectivity index (χ3n) is 5.47. The molecule has 3 heterocycles. The molecule has 4 aromatic rings. The minimum absolute atomic E-state index is 0.0259. The van der Waals surface area contributed by atoms with Crippen molar-refractivity contribution in [3.8, 4) is 11.5 Å². The highest BCUT2D eigenvalue weighted by molar-refractivity contribution is 7.22. The Labute approximate surface area is 203 Å². The minimum atomic E-state index is -0.793. The molecule has 1 saturated heterocycles. The number of hydrogen-bond donors (Lipinski definition) is 1. The van der Waals surface area contributed by atoms with Gasteiger partial charge in [-0.15, -0.1) is 11.3 Å². The van der Waals surface area contributed by atoms with Crippen molar-refractivity contribution in [1.82, 2.24) is 4.98 Å². The largest absolute Gasteiger partial charge is 0.507 e. The summed E-state index contributed by atoms with van der Waals surface area (Å²) in [6.07, 6.45) is 0. The van der Waals surface area contributed by atoms with E-state index >= 15 is 0 Å². The summed E-state index contributed by atoms with van der Waals surface area (Å²) in [5.41, 5.74) is 1.12. The number of methoxy groups -OCH3 is 1. The fraction of sp³-hybridized carbons (Fsp3) is 0.160. The first-order valence-electron chi connectivity index (χ1n) is 10.5. The molecule has 0 bridgehead atoms. The van der Waals surface area contributed by atoms with Gasteiger partial charge >= 0.3 is 5.91 Å². The van der Waals surface area contributed by atoms with Gasteiger partial charge in [0.2, 0.25) is 0 Å². The third kappa shape index (κ3) is 3.72. The van der Waals surface area contributed by atoms with Crippen LogP contribution in [-0.4, -0.2) is 35.5 Å². The van der Waals surface area contributed by atoms with Gasteiger partial charge in [-0.1, -0.05) is 29.5 Å². The van der Waals surface area contributed by atoms with Gasteiger partial charge in [0.05, 0.1) is 29.5 Å². The number of thiazole rings is 1. The number of carbonyl (C=O) groups is 2. The second-order valence-electron chi connectivity index (χ2n) is 7.48. The van der Waals surface area contributed by atoms with Crippen molar-refractivity contribution in [2.75, 3.05) is 18.6 Å². The number of hydrogen-bond acceptors (Lipinski definition) is 8. The predicted molar refractivity (Wildman–Crippen MR) is 133 cm³/mol. The number of anilines is 1. The predicted octanol–water partition coefficient (Wildman–Crippen LogP) is 5.39. The molecule has 2 aromatic heterocycles. The van der Waals surface area contributed by atoms with Crippen LogP contribution in [0.3, 0.4) is 0 Å². The number of aliphatic hydroxyl groups is 1. The van der Waals surface area contributed by atoms with E-state index < -0.39 is 17.7 Å². The summed E-state index contributed by atoms with van der Waals surface area (Å²) in [7, 11) is 1.58. The summed E-state index contributed by atoms with van der Waals surface area (Å²) in [4.78, 5) is 33.3. The van der Waals surface area contributed by atoms with Crippen LogP contribution in [0.25, 0.3) is 16.0 Å². The maximum atomic E-state index is 13.3. The molecule has 1 N–H and O–H groups in total. The number of benzene rings is 2. The van der Waals surface area contributed by atoms with E-state index in [9.17, 15) is 14.7 Å². The number of aliphatic hydroxyl groups excluding tert-OH is 1. The molecule has 7 nitrogen and oxygen atoms in total. The van der Waals surface area contributed by atoms with Crippen LogP contribution in [0.15, 0.2) is 65.6 Å². The first-order chi connectivity index (χ1) is 16.5. The molecule has 0 saturated carbocycles. The van der Waals surface area contributed by atoms with Crippen LogP contribution in [0.2, 0.25) is 0 Å². The van der Waals surface area contributed by atoms with Gasteiger partial charge in [0.25, 0.3) is 5.78 Å². The number of ether oxygens (including phenoxy) is 2. The smallest absolute Gasteiger partial charge is 0.301 e. The Balaban J connectivity index is 1.67. The molecule has 172 valence electrons. The van der Waals surface area contributed by atoms with E-state index in [1.54, 1.807) is 37.4 Å². The van der Waals surface area contributed by atoms with Crippen molar-refractivity contribution in [3.63, 3.8) is 0 Å². The Morgan fingerprint density at radius 2 is 1.97 bits per heavy atom. The fourth-order valence-corrected chi connectivity index (χ4v) is 5.77. The van der Waals surface area contributed by atoms with Gasteiger partial charge in [-0.05, 0) is 48.7 Å². The molecule has 0 radical (unpaired) electrons. The van der Waals surface area contributed by atoms with Crippen LogP contribution >= 0.6 is 22.7 Å². The van der Waals surface area contributed by atoms with E-state index in [-0.39, 0.29) is 11.3 Å². The summed E-state index contributed by atoms with van der Waals surface area (Å²) in [6.45, 7) is 2.33. The molecule has 1 atom stereocenters. The molecule has 5 rings (SSSR count). The Bertz CT molecular complexity index is 1420. The zero-order valence-corrected chi connectivity index (χ0v) is 20.0. The number of nitrogens with zero attached hydrogens (tertiary/aromatic N) is 2. The number of fused-ring (bicyclic) bond motifs is 1. The maximum Gasteiger partial charge on any atom is 0.301 e. The summed E-state index contributed by atoms with van der Waals surface area (Å²) >= 11 is 2.70. The maximum absolute atomic E-state index is 13.3. The number of rotatable bonds is 6. The van der Waals surface area contributed by atoms with Gasteiger partial charge in [-0.25, -0.2) is 4.98 Å².